The van der Waals surface area contributed by atoms with E-state index in [-0.39, 0.29) is 11.8 Å². The van der Waals surface area contributed by atoms with Crippen LogP contribution in [0.2, 0.25) is 0 Å². The number of ether oxygens (including phenoxy) is 1. The number of aryl methyl sites for hydroxylation is 1. The van der Waals surface area contributed by atoms with Gasteiger partial charge in [-0.25, -0.2) is 9.37 Å². The molecule has 2 aromatic carbocycles. The Kier molecular flexibility index (Phi) is 5.35. The summed E-state index contributed by atoms with van der Waals surface area (Å²) in [6, 6.07) is 12.2. The maximum absolute atomic E-state index is 14.4. The van der Waals surface area contributed by atoms with Crippen LogP contribution in [0.3, 0.4) is 0 Å². The van der Waals surface area contributed by atoms with Crippen LogP contribution in [0.25, 0.3) is 10.9 Å². The first-order chi connectivity index (χ1) is 15.0. The number of H-pyrrole nitrogens is 1. The number of methoxy groups -OCH3 is 1. The van der Waals surface area contributed by atoms with Crippen molar-refractivity contribution in [2.24, 2.45) is 0 Å². The van der Waals surface area contributed by atoms with Crippen LogP contribution in [0.5, 0.6) is 5.75 Å². The Morgan fingerprint density at radius 1 is 1.19 bits per heavy atom. The molecule has 10 heteroatoms. The van der Waals surface area contributed by atoms with Crippen LogP contribution in [0.4, 0.5) is 21.8 Å². The smallest absolute Gasteiger partial charge is 0.269 e. The number of hydrogen-bond acceptors (Lipinski definition) is 7. The number of anilines is 3. The zero-order valence-electron chi connectivity index (χ0n) is 17.1. The van der Waals surface area contributed by atoms with Crippen molar-refractivity contribution in [3.8, 4) is 5.75 Å². The van der Waals surface area contributed by atoms with Gasteiger partial charge in [0.25, 0.3) is 5.91 Å². The van der Waals surface area contributed by atoms with Gasteiger partial charge in [0.2, 0.25) is 5.95 Å². The third-order valence-corrected chi connectivity index (χ3v) is 4.80. The minimum absolute atomic E-state index is 0.0433. The predicted molar refractivity (Wildman–Crippen MR) is 115 cm³/mol. The molecular weight excluding hydrogens is 401 g/mol. The van der Waals surface area contributed by atoms with Gasteiger partial charge in [0, 0.05) is 29.4 Å². The average molecular weight is 421 g/mol. The number of nitrogens with zero attached hydrogens (tertiary/aromatic N) is 4. The van der Waals surface area contributed by atoms with Gasteiger partial charge < -0.3 is 9.64 Å². The normalized spacial score (nSPS) is 10.7. The lowest BCUT2D eigenvalue weighted by molar-refractivity contribution is 0.0962. The first kappa shape index (κ1) is 20.1. The molecule has 31 heavy (non-hydrogen) atoms. The summed E-state index contributed by atoms with van der Waals surface area (Å²) in [5, 5.41) is 8.15. The topological polar surface area (TPSA) is 108 Å². The molecule has 4 rings (SSSR count). The van der Waals surface area contributed by atoms with Crippen molar-refractivity contribution >= 4 is 34.3 Å². The van der Waals surface area contributed by atoms with E-state index in [9.17, 15) is 9.18 Å². The second kappa shape index (κ2) is 8.27. The number of aromatic nitrogens is 4. The van der Waals surface area contributed by atoms with Crippen LogP contribution in [-0.2, 0) is 0 Å². The summed E-state index contributed by atoms with van der Waals surface area (Å²) in [6.45, 7) is 1.93. The number of carbonyl (C=O) groups is 1. The van der Waals surface area contributed by atoms with Gasteiger partial charge in [-0.1, -0.05) is 0 Å². The molecule has 0 bridgehead atoms. The molecule has 158 valence electrons. The van der Waals surface area contributed by atoms with Crippen molar-refractivity contribution in [3.05, 3.63) is 65.7 Å². The van der Waals surface area contributed by atoms with Crippen LogP contribution in [0.1, 0.15) is 16.1 Å². The number of hydrogen-bond donors (Lipinski definition) is 3. The number of nitrogens with one attached hydrogen (secondary N) is 3. The quantitative estimate of drug-likeness (QED) is 0.410. The summed E-state index contributed by atoms with van der Waals surface area (Å²) in [5.74, 6) is -0.274. The molecule has 0 saturated heterocycles. The first-order valence-electron chi connectivity index (χ1n) is 9.37. The van der Waals surface area contributed by atoms with Gasteiger partial charge in [0.15, 0.2) is 11.6 Å². The maximum Gasteiger partial charge on any atom is 0.269 e. The molecule has 3 N–H and O–H groups in total. The number of fused-ring (bicyclic) bond motifs is 1. The Balaban J connectivity index is 1.51. The molecule has 2 heterocycles. The fraction of sp³-hybridized carbons (Fsp3) is 0.143. The third-order valence-electron chi connectivity index (χ3n) is 4.80. The second-order valence-corrected chi connectivity index (χ2v) is 6.78. The number of amides is 1. The van der Waals surface area contributed by atoms with Crippen LogP contribution in [0, 0.1) is 12.7 Å². The van der Waals surface area contributed by atoms with E-state index in [4.69, 9.17) is 4.74 Å². The maximum atomic E-state index is 14.4. The van der Waals surface area contributed by atoms with Crippen molar-refractivity contribution < 1.29 is 13.9 Å². The van der Waals surface area contributed by atoms with E-state index in [1.54, 1.807) is 43.3 Å². The Hall–Kier alpha value is -4.21. The van der Waals surface area contributed by atoms with E-state index in [1.165, 1.54) is 0 Å². The summed E-state index contributed by atoms with van der Waals surface area (Å²) >= 11 is 0. The number of halogens is 1. The van der Waals surface area contributed by atoms with Crippen molar-refractivity contribution in [1.29, 1.82) is 0 Å². The molecule has 1 amide bonds. The molecule has 0 fully saturated rings. The van der Waals surface area contributed by atoms with E-state index in [0.29, 0.717) is 17.0 Å². The minimum Gasteiger partial charge on any atom is -0.497 e. The molecule has 0 radical (unpaired) electrons. The number of benzene rings is 2. The van der Waals surface area contributed by atoms with Gasteiger partial charge in [-0.05, 0) is 49.4 Å². The Bertz CT molecular complexity index is 1240. The van der Waals surface area contributed by atoms with Gasteiger partial charge in [-0.3, -0.25) is 20.7 Å². The van der Waals surface area contributed by atoms with Gasteiger partial charge in [-0.2, -0.15) is 10.1 Å². The zero-order valence-corrected chi connectivity index (χ0v) is 17.1. The van der Waals surface area contributed by atoms with Gasteiger partial charge in [0.05, 0.1) is 18.8 Å². The number of aromatic amines is 1. The molecule has 0 aliphatic heterocycles. The summed E-state index contributed by atoms with van der Waals surface area (Å²) in [7, 11) is 3.23. The Labute approximate surface area is 177 Å². The number of hydrazine groups is 1. The minimum atomic E-state index is -0.604. The first-order valence-corrected chi connectivity index (χ1v) is 9.37. The van der Waals surface area contributed by atoms with Crippen molar-refractivity contribution in [2.45, 2.75) is 6.92 Å². The van der Waals surface area contributed by atoms with Crippen LogP contribution in [0.15, 0.2) is 48.7 Å². The summed E-state index contributed by atoms with van der Waals surface area (Å²) < 4.78 is 19.5. The van der Waals surface area contributed by atoms with E-state index >= 15 is 0 Å². The fourth-order valence-corrected chi connectivity index (χ4v) is 3.05. The molecule has 0 spiro atoms. The van der Waals surface area contributed by atoms with Gasteiger partial charge in [0.1, 0.15) is 5.75 Å². The molecule has 0 atom stereocenters. The van der Waals surface area contributed by atoms with E-state index in [1.807, 2.05) is 25.1 Å². The number of rotatable bonds is 6. The highest BCUT2D eigenvalue weighted by Crippen LogP contribution is 2.28. The highest BCUT2D eigenvalue weighted by Gasteiger charge is 2.15. The highest BCUT2D eigenvalue weighted by atomic mass is 19.1. The van der Waals surface area contributed by atoms with E-state index < -0.39 is 11.7 Å². The average Bonchev–Trinajstić information content (AvgIpc) is 3.18. The largest absolute Gasteiger partial charge is 0.497 e. The standard InChI is InChI=1S/C21H20FN7O2/c1-12-16-9-6-14(10-18(16)26-25-12)29(2)19-17(22)11-23-21(24-19)28-27-20(30)13-4-7-15(31-3)8-5-13/h4-11H,1-3H3,(H,25,26)(H,27,30)(H,23,24,28). The number of carbonyl (C=O) groups excluding carboxylic acids is 1. The SMILES string of the molecule is COc1ccc(C(=O)NNc2ncc(F)c(N(C)c3ccc4c(C)[nH]nc4c3)n2)cc1. The monoisotopic (exact) mass is 421 g/mol. The molecule has 9 nitrogen and oxygen atoms in total. The summed E-state index contributed by atoms with van der Waals surface area (Å²) in [5.41, 5.74) is 7.94. The van der Waals surface area contributed by atoms with Crippen molar-refractivity contribution in [2.75, 3.05) is 24.5 Å². The molecule has 0 aliphatic carbocycles. The van der Waals surface area contributed by atoms with Crippen LogP contribution >= 0.6 is 0 Å². The Morgan fingerprint density at radius 3 is 2.71 bits per heavy atom. The van der Waals surface area contributed by atoms with Gasteiger partial charge in [-0.15, -0.1) is 0 Å². The Morgan fingerprint density at radius 2 is 1.97 bits per heavy atom. The zero-order chi connectivity index (χ0) is 22.0. The lowest BCUT2D eigenvalue weighted by atomic mass is 10.2. The van der Waals surface area contributed by atoms with Crippen molar-refractivity contribution in [3.63, 3.8) is 0 Å². The van der Waals surface area contributed by atoms with Crippen molar-refractivity contribution in [1.82, 2.24) is 25.6 Å². The van der Waals surface area contributed by atoms with E-state index in [2.05, 4.69) is 31.0 Å². The molecular formula is C21H20FN7O2. The summed E-state index contributed by atoms with van der Waals surface area (Å²) in [6.07, 6.45) is 1.04. The molecule has 0 aliphatic rings. The lowest BCUT2D eigenvalue weighted by Gasteiger charge is -2.19. The summed E-state index contributed by atoms with van der Waals surface area (Å²) in [4.78, 5) is 21.9. The molecule has 0 unspecified atom stereocenters. The highest BCUT2D eigenvalue weighted by molar-refractivity contribution is 5.94. The predicted octanol–water partition coefficient (Wildman–Crippen LogP) is 3.33. The molecule has 2 aromatic heterocycles. The van der Waals surface area contributed by atoms with E-state index in [0.717, 1.165) is 22.8 Å². The fourth-order valence-electron chi connectivity index (χ4n) is 3.05. The van der Waals surface area contributed by atoms with Crippen LogP contribution < -0.4 is 20.5 Å². The lowest BCUT2D eigenvalue weighted by Crippen LogP contribution is -2.30. The van der Waals surface area contributed by atoms with Crippen LogP contribution in [-0.4, -0.2) is 40.2 Å². The molecule has 0 saturated carbocycles. The second-order valence-electron chi connectivity index (χ2n) is 6.78. The third kappa shape index (κ3) is 4.08. The van der Waals surface area contributed by atoms with Gasteiger partial charge >= 0.3 is 0 Å². The molecule has 4 aromatic rings.